The maximum atomic E-state index is 13.1. The molecular weight excluding hydrogens is 368 g/mol. The molecule has 0 unspecified atom stereocenters. The SMILES string of the molecule is COc1c(C(=O)N2CCN(c3ccccc3)CC2)sc2cc(Cl)ccc12. The summed E-state index contributed by atoms with van der Waals surface area (Å²) in [4.78, 5) is 18.0. The van der Waals surface area contributed by atoms with Gasteiger partial charge < -0.3 is 14.5 Å². The predicted octanol–water partition coefficient (Wildman–Crippen LogP) is 4.53. The molecule has 1 aliphatic rings. The second-order valence-electron chi connectivity index (χ2n) is 6.22. The Morgan fingerprint density at radius 1 is 1.08 bits per heavy atom. The quantitative estimate of drug-likeness (QED) is 0.663. The number of ether oxygens (including phenoxy) is 1. The van der Waals surface area contributed by atoms with E-state index < -0.39 is 0 Å². The molecule has 0 radical (unpaired) electrons. The van der Waals surface area contributed by atoms with Gasteiger partial charge in [0.1, 0.15) is 10.6 Å². The van der Waals surface area contributed by atoms with Crippen molar-refractivity contribution in [2.75, 3.05) is 38.2 Å². The lowest BCUT2D eigenvalue weighted by Gasteiger charge is -2.36. The van der Waals surface area contributed by atoms with Crippen LogP contribution in [0.3, 0.4) is 0 Å². The molecule has 1 aliphatic heterocycles. The molecule has 3 aromatic rings. The molecule has 0 N–H and O–H groups in total. The van der Waals surface area contributed by atoms with Gasteiger partial charge in [-0.15, -0.1) is 11.3 Å². The Morgan fingerprint density at radius 2 is 1.81 bits per heavy atom. The molecule has 0 saturated carbocycles. The molecule has 4 nitrogen and oxygen atoms in total. The third-order valence-corrected chi connectivity index (χ3v) is 6.05. The zero-order valence-electron chi connectivity index (χ0n) is 14.4. The van der Waals surface area contributed by atoms with Crippen LogP contribution in [0.15, 0.2) is 48.5 Å². The number of hydrogen-bond acceptors (Lipinski definition) is 4. The van der Waals surface area contributed by atoms with Crippen LogP contribution in [-0.2, 0) is 0 Å². The fraction of sp³-hybridized carbons (Fsp3) is 0.250. The number of thiophene rings is 1. The third-order valence-electron chi connectivity index (χ3n) is 4.69. The van der Waals surface area contributed by atoms with Crippen LogP contribution in [-0.4, -0.2) is 44.1 Å². The fourth-order valence-electron chi connectivity index (χ4n) is 3.34. The van der Waals surface area contributed by atoms with Crippen LogP contribution in [0, 0.1) is 0 Å². The molecule has 134 valence electrons. The van der Waals surface area contributed by atoms with Gasteiger partial charge in [0.15, 0.2) is 0 Å². The largest absolute Gasteiger partial charge is 0.494 e. The molecule has 1 aromatic heterocycles. The van der Waals surface area contributed by atoms with Crippen LogP contribution in [0.25, 0.3) is 10.1 Å². The van der Waals surface area contributed by atoms with E-state index in [1.54, 1.807) is 7.11 Å². The lowest BCUT2D eigenvalue weighted by atomic mass is 10.2. The topological polar surface area (TPSA) is 32.8 Å². The molecule has 0 bridgehead atoms. The summed E-state index contributed by atoms with van der Waals surface area (Å²) in [6.07, 6.45) is 0. The van der Waals surface area contributed by atoms with Gasteiger partial charge in [-0.2, -0.15) is 0 Å². The predicted molar refractivity (Wildman–Crippen MR) is 108 cm³/mol. The summed E-state index contributed by atoms with van der Waals surface area (Å²) in [5, 5.41) is 1.60. The average molecular weight is 387 g/mol. The lowest BCUT2D eigenvalue weighted by Crippen LogP contribution is -2.48. The van der Waals surface area contributed by atoms with E-state index in [-0.39, 0.29) is 5.91 Å². The summed E-state index contributed by atoms with van der Waals surface area (Å²) in [5.74, 6) is 0.684. The molecule has 4 rings (SSSR count). The van der Waals surface area contributed by atoms with Crippen molar-refractivity contribution in [1.29, 1.82) is 0 Å². The average Bonchev–Trinajstić information content (AvgIpc) is 3.05. The Balaban J connectivity index is 1.54. The molecule has 1 fully saturated rings. The van der Waals surface area contributed by atoms with Crippen molar-refractivity contribution in [2.45, 2.75) is 0 Å². The van der Waals surface area contributed by atoms with E-state index in [9.17, 15) is 4.79 Å². The lowest BCUT2D eigenvalue weighted by molar-refractivity contribution is 0.0749. The second kappa shape index (κ2) is 7.17. The Hall–Kier alpha value is -2.24. The van der Waals surface area contributed by atoms with E-state index in [0.29, 0.717) is 28.7 Å². The number of halogens is 1. The molecule has 0 aliphatic carbocycles. The molecule has 2 heterocycles. The monoisotopic (exact) mass is 386 g/mol. The number of fused-ring (bicyclic) bond motifs is 1. The highest BCUT2D eigenvalue weighted by molar-refractivity contribution is 7.21. The number of rotatable bonds is 3. The second-order valence-corrected chi connectivity index (χ2v) is 7.71. The summed E-state index contributed by atoms with van der Waals surface area (Å²) in [5.41, 5.74) is 1.20. The zero-order chi connectivity index (χ0) is 18.1. The maximum absolute atomic E-state index is 13.1. The first kappa shape index (κ1) is 17.2. The Labute approximate surface area is 161 Å². The van der Waals surface area contributed by atoms with Gasteiger partial charge >= 0.3 is 0 Å². The number of hydrogen-bond donors (Lipinski definition) is 0. The smallest absolute Gasteiger partial charge is 0.267 e. The van der Waals surface area contributed by atoms with E-state index in [0.717, 1.165) is 23.2 Å². The van der Waals surface area contributed by atoms with Gasteiger partial charge in [-0.05, 0) is 30.3 Å². The number of carbonyl (C=O) groups is 1. The van der Waals surface area contributed by atoms with Crippen LogP contribution < -0.4 is 9.64 Å². The van der Waals surface area contributed by atoms with Gasteiger partial charge in [-0.25, -0.2) is 0 Å². The van der Waals surface area contributed by atoms with Crippen molar-refractivity contribution in [3.05, 3.63) is 58.4 Å². The summed E-state index contributed by atoms with van der Waals surface area (Å²) in [6, 6.07) is 15.9. The first-order valence-electron chi connectivity index (χ1n) is 8.52. The zero-order valence-corrected chi connectivity index (χ0v) is 16.0. The molecule has 6 heteroatoms. The minimum atomic E-state index is 0.0342. The van der Waals surface area contributed by atoms with Crippen LogP contribution in [0.5, 0.6) is 5.75 Å². The van der Waals surface area contributed by atoms with Gasteiger partial charge in [-0.3, -0.25) is 4.79 Å². The summed E-state index contributed by atoms with van der Waals surface area (Å²) < 4.78 is 6.52. The van der Waals surface area contributed by atoms with E-state index in [2.05, 4.69) is 17.0 Å². The Morgan fingerprint density at radius 3 is 2.50 bits per heavy atom. The van der Waals surface area contributed by atoms with Crippen molar-refractivity contribution in [1.82, 2.24) is 4.90 Å². The van der Waals surface area contributed by atoms with E-state index >= 15 is 0 Å². The number of piperazine rings is 1. The number of amides is 1. The van der Waals surface area contributed by atoms with Crippen molar-refractivity contribution < 1.29 is 9.53 Å². The van der Waals surface area contributed by atoms with E-state index in [1.807, 2.05) is 41.3 Å². The fourth-order valence-corrected chi connectivity index (χ4v) is 4.76. The Kier molecular flexibility index (Phi) is 4.74. The molecule has 0 spiro atoms. The Bertz CT molecular complexity index is 934. The normalized spacial score (nSPS) is 14.7. The van der Waals surface area contributed by atoms with Crippen LogP contribution in [0.2, 0.25) is 5.02 Å². The van der Waals surface area contributed by atoms with E-state index in [1.165, 1.54) is 17.0 Å². The standard InChI is InChI=1S/C20H19ClN2O2S/c1-25-18-16-8-7-14(21)13-17(16)26-19(18)20(24)23-11-9-22(10-12-23)15-5-3-2-4-6-15/h2-8,13H,9-12H2,1H3. The minimum absolute atomic E-state index is 0.0342. The number of methoxy groups -OCH3 is 1. The van der Waals surface area contributed by atoms with Gasteiger partial charge in [0, 0.05) is 47.0 Å². The first-order chi connectivity index (χ1) is 12.7. The minimum Gasteiger partial charge on any atom is -0.494 e. The first-order valence-corrected chi connectivity index (χ1v) is 9.72. The highest BCUT2D eigenvalue weighted by atomic mass is 35.5. The maximum Gasteiger partial charge on any atom is 0.267 e. The third kappa shape index (κ3) is 3.13. The van der Waals surface area contributed by atoms with Crippen molar-refractivity contribution in [2.24, 2.45) is 0 Å². The van der Waals surface area contributed by atoms with Crippen molar-refractivity contribution >= 4 is 44.6 Å². The number of anilines is 1. The van der Waals surface area contributed by atoms with Gasteiger partial charge in [0.25, 0.3) is 5.91 Å². The number of nitrogens with zero attached hydrogens (tertiary/aromatic N) is 2. The van der Waals surface area contributed by atoms with Gasteiger partial charge in [-0.1, -0.05) is 29.8 Å². The van der Waals surface area contributed by atoms with Crippen LogP contribution in [0.1, 0.15) is 9.67 Å². The highest BCUT2D eigenvalue weighted by Crippen LogP contribution is 2.39. The summed E-state index contributed by atoms with van der Waals surface area (Å²) >= 11 is 7.54. The summed E-state index contributed by atoms with van der Waals surface area (Å²) in [6.45, 7) is 3.06. The van der Waals surface area contributed by atoms with Crippen molar-refractivity contribution in [3.63, 3.8) is 0 Å². The van der Waals surface area contributed by atoms with E-state index in [4.69, 9.17) is 16.3 Å². The van der Waals surface area contributed by atoms with Gasteiger partial charge in [0.05, 0.1) is 7.11 Å². The number of carbonyl (C=O) groups excluding carboxylic acids is 1. The molecule has 1 amide bonds. The summed E-state index contributed by atoms with van der Waals surface area (Å²) in [7, 11) is 1.61. The van der Waals surface area contributed by atoms with Crippen molar-refractivity contribution in [3.8, 4) is 5.75 Å². The molecule has 26 heavy (non-hydrogen) atoms. The molecule has 2 aromatic carbocycles. The van der Waals surface area contributed by atoms with Gasteiger partial charge in [0.2, 0.25) is 0 Å². The van der Waals surface area contributed by atoms with Crippen LogP contribution in [0.4, 0.5) is 5.69 Å². The molecule has 1 saturated heterocycles. The molecule has 0 atom stereocenters. The number of para-hydroxylation sites is 1. The number of benzene rings is 2. The molecular formula is C20H19ClN2O2S. The highest BCUT2D eigenvalue weighted by Gasteiger charge is 2.27. The van der Waals surface area contributed by atoms with Crippen LogP contribution >= 0.6 is 22.9 Å².